The number of Topliss-reactive ketones (excluding diaryl/α,β-unsaturated/α-hetero) is 1. The lowest BCUT2D eigenvalue weighted by atomic mass is 9.43. The molecule has 10 atom stereocenters. The van der Waals surface area contributed by atoms with E-state index in [9.17, 15) is 34.5 Å². The minimum Gasteiger partial charge on any atom is -0.480 e. The van der Waals surface area contributed by atoms with Crippen LogP contribution in [0.25, 0.3) is 0 Å². The number of amides is 1. The maximum absolute atomic E-state index is 17.5. The van der Waals surface area contributed by atoms with Crippen LogP contribution in [-0.2, 0) is 14.4 Å². The number of rotatable bonds is 4. The number of carbonyl (C=O) groups excluding carboxylic acids is 3. The van der Waals surface area contributed by atoms with Crippen LogP contribution in [0.4, 0.5) is 8.78 Å². The Kier molecular flexibility index (Phi) is 5.69. The predicted octanol–water partition coefficient (Wildman–Crippen LogP) is 2.28. The zero-order valence-electron chi connectivity index (χ0n) is 22.0. The van der Waals surface area contributed by atoms with E-state index in [0.29, 0.717) is 0 Å². The summed E-state index contributed by atoms with van der Waals surface area (Å²) in [5.41, 5.74) is -7.01. The normalized spacial score (nSPS) is 45.3. The smallest absolute Gasteiger partial charge is 0.326 e. The summed E-state index contributed by atoms with van der Waals surface area (Å²) in [4.78, 5) is 52.9. The average molecular weight is 560 g/mol. The molecule has 5 aliphatic rings. The Balaban J connectivity index is 1.50. The second-order valence-corrected chi connectivity index (χ2v) is 12.4. The number of halogens is 2. The summed E-state index contributed by atoms with van der Waals surface area (Å²) in [6, 6.07) is 1.35. The van der Waals surface area contributed by atoms with Crippen LogP contribution in [-0.4, -0.2) is 80.8 Å². The number of aliphatic carboxylic acids is 1. The number of hydrogen-bond acceptors (Lipinski definition) is 7. The van der Waals surface area contributed by atoms with Crippen molar-refractivity contribution in [2.45, 2.75) is 57.1 Å². The summed E-state index contributed by atoms with van der Waals surface area (Å²) in [5.74, 6) is -6.33. The average Bonchev–Trinajstić information content (AvgIpc) is 3.61. The second-order valence-electron chi connectivity index (χ2n) is 12.4. The highest BCUT2D eigenvalue weighted by Gasteiger charge is 2.80. The summed E-state index contributed by atoms with van der Waals surface area (Å²) >= 11 is 0. The molecule has 1 aliphatic heterocycles. The topological polar surface area (TPSA) is 145 Å². The summed E-state index contributed by atoms with van der Waals surface area (Å²) < 4.78 is 38.5. The van der Waals surface area contributed by atoms with Gasteiger partial charge in [0.15, 0.2) is 23.0 Å². The van der Waals surface area contributed by atoms with Gasteiger partial charge in [0.25, 0.3) is 5.91 Å². The first-order valence-electron chi connectivity index (χ1n) is 13.5. The Morgan fingerprint density at radius 3 is 2.52 bits per heavy atom. The van der Waals surface area contributed by atoms with Gasteiger partial charge in [-0.1, -0.05) is 13.0 Å². The number of aliphatic hydroxyl groups is 2. The summed E-state index contributed by atoms with van der Waals surface area (Å²) in [5, 5.41) is 32.0. The van der Waals surface area contributed by atoms with Crippen molar-refractivity contribution in [3.05, 3.63) is 48.0 Å². The zero-order chi connectivity index (χ0) is 29.0. The van der Waals surface area contributed by atoms with Gasteiger partial charge in [-0.25, -0.2) is 13.6 Å². The quantitative estimate of drug-likeness (QED) is 0.510. The molecule has 11 heteroatoms. The van der Waals surface area contributed by atoms with Gasteiger partial charge in [-0.3, -0.25) is 14.4 Å². The van der Waals surface area contributed by atoms with Crippen molar-refractivity contribution in [3.63, 3.8) is 0 Å². The minimum atomic E-state index is -2.41. The molecule has 1 saturated heterocycles. The van der Waals surface area contributed by atoms with Gasteiger partial charge in [0.2, 0.25) is 0 Å². The number of carbonyl (C=O) groups is 4. The van der Waals surface area contributed by atoms with Gasteiger partial charge >= 0.3 is 5.97 Å². The minimum absolute atomic E-state index is 0.0330. The van der Waals surface area contributed by atoms with Crippen molar-refractivity contribution >= 4 is 23.4 Å². The predicted molar refractivity (Wildman–Crippen MR) is 133 cm³/mol. The number of alkyl halides is 2. The number of carboxylic acid groups (broad SMARTS) is 1. The molecule has 1 aromatic rings. The number of fused-ring (bicyclic) bond motifs is 7. The molecule has 3 N–H and O–H groups in total. The molecule has 0 spiro atoms. The van der Waals surface area contributed by atoms with Gasteiger partial charge in [-0.15, -0.1) is 0 Å². The maximum Gasteiger partial charge on any atom is 0.326 e. The summed E-state index contributed by atoms with van der Waals surface area (Å²) in [7, 11) is 0. The molecule has 2 heterocycles. The molecule has 1 unspecified atom stereocenters. The summed E-state index contributed by atoms with van der Waals surface area (Å²) in [6.07, 6.45) is 0.733. The molecular weight excluding hydrogens is 528 g/mol. The fourth-order valence-corrected chi connectivity index (χ4v) is 9.48. The lowest BCUT2D eigenvalue weighted by molar-refractivity contribution is -0.211. The third kappa shape index (κ3) is 2.97. The Morgan fingerprint density at radius 2 is 1.90 bits per heavy atom. The molecule has 1 amide bonds. The van der Waals surface area contributed by atoms with Gasteiger partial charge < -0.3 is 24.6 Å². The number of likely N-dealkylation sites (tertiary alicyclic amines) is 1. The van der Waals surface area contributed by atoms with Crippen LogP contribution in [0, 0.1) is 34.0 Å². The molecule has 4 fully saturated rings. The van der Waals surface area contributed by atoms with Gasteiger partial charge in [0.05, 0.1) is 17.8 Å². The molecule has 9 nitrogen and oxygen atoms in total. The van der Waals surface area contributed by atoms with Crippen molar-refractivity contribution < 1.29 is 47.7 Å². The number of furan rings is 1. The van der Waals surface area contributed by atoms with Crippen LogP contribution >= 0.6 is 0 Å². The van der Waals surface area contributed by atoms with Gasteiger partial charge in [0.1, 0.15) is 18.8 Å². The lowest BCUT2D eigenvalue weighted by Crippen LogP contribution is -2.69. The molecule has 1 aromatic heterocycles. The molecule has 4 aliphatic carbocycles. The Morgan fingerprint density at radius 1 is 1.18 bits per heavy atom. The third-order valence-corrected chi connectivity index (χ3v) is 11.2. The molecule has 6 rings (SSSR count). The van der Waals surface area contributed by atoms with Gasteiger partial charge in [0, 0.05) is 23.8 Å². The highest BCUT2D eigenvalue weighted by molar-refractivity contribution is 6.01. The number of ketones is 2. The summed E-state index contributed by atoms with van der Waals surface area (Å²) in [6.45, 7) is 1.79. The Hall–Kier alpha value is -3.18. The third-order valence-electron chi connectivity index (χ3n) is 11.2. The van der Waals surface area contributed by atoms with Gasteiger partial charge in [-0.05, 0) is 67.4 Å². The van der Waals surface area contributed by atoms with Crippen molar-refractivity contribution in [2.24, 2.45) is 34.0 Å². The van der Waals surface area contributed by atoms with E-state index >= 15 is 8.78 Å². The van der Waals surface area contributed by atoms with E-state index in [1.54, 1.807) is 6.92 Å². The van der Waals surface area contributed by atoms with E-state index in [1.807, 2.05) is 0 Å². The van der Waals surface area contributed by atoms with Crippen LogP contribution in [0.3, 0.4) is 0 Å². The van der Waals surface area contributed by atoms with Crippen LogP contribution in [0.15, 0.2) is 46.6 Å². The number of nitrogens with zero attached hydrogens (tertiary/aromatic N) is 1. The number of hydrogen-bond donors (Lipinski definition) is 3. The largest absolute Gasteiger partial charge is 0.480 e. The molecular formula is C29H31F2NO8. The monoisotopic (exact) mass is 559 g/mol. The maximum atomic E-state index is 17.5. The first-order valence-corrected chi connectivity index (χ1v) is 13.5. The van der Waals surface area contributed by atoms with E-state index in [0.717, 1.165) is 11.0 Å². The van der Waals surface area contributed by atoms with Crippen LogP contribution in [0.1, 0.15) is 43.7 Å². The van der Waals surface area contributed by atoms with Crippen molar-refractivity contribution in [3.8, 4) is 0 Å². The highest BCUT2D eigenvalue weighted by atomic mass is 19.1. The van der Waals surface area contributed by atoms with E-state index in [-0.39, 0.29) is 37.1 Å². The molecule has 3 saturated carbocycles. The molecule has 214 valence electrons. The second kappa shape index (κ2) is 8.42. The van der Waals surface area contributed by atoms with E-state index in [4.69, 9.17) is 4.42 Å². The van der Waals surface area contributed by atoms with Crippen molar-refractivity contribution in [1.29, 1.82) is 0 Å². The fourth-order valence-electron chi connectivity index (χ4n) is 9.48. The highest BCUT2D eigenvalue weighted by Crippen LogP contribution is 2.75. The van der Waals surface area contributed by atoms with E-state index < -0.39 is 88.0 Å². The van der Waals surface area contributed by atoms with Crippen LogP contribution in [0.2, 0.25) is 0 Å². The van der Waals surface area contributed by atoms with Crippen molar-refractivity contribution in [1.82, 2.24) is 4.90 Å². The van der Waals surface area contributed by atoms with E-state index in [1.165, 1.54) is 37.5 Å². The van der Waals surface area contributed by atoms with E-state index in [2.05, 4.69) is 0 Å². The Labute approximate surface area is 228 Å². The van der Waals surface area contributed by atoms with Gasteiger partial charge in [-0.2, -0.15) is 0 Å². The van der Waals surface area contributed by atoms with Crippen LogP contribution in [0.5, 0.6) is 0 Å². The SMILES string of the molecule is C[C@]12C=CC(=O)C=C1[C@@H](F)C[C@H]1[C@@H]3C[C@H]4C(C(=O)O)N(C(=O)c5ccco5)C[C@@]4(C(=O)CO)[C@@]3(C)C[C@H](O)[C@@]12F. The first-order chi connectivity index (χ1) is 18.8. The zero-order valence-corrected chi connectivity index (χ0v) is 22.0. The fraction of sp³-hybridized carbons (Fsp3) is 0.586. The lowest BCUT2D eigenvalue weighted by Gasteiger charge is -2.63. The first kappa shape index (κ1) is 27.0. The standard InChI is InChI=1S/C29H31F2NO8/c1-26-6-5-14(34)8-17(26)19(30)10-16-15-9-18-23(25(38)39)32(24(37)20-4-3-7-40-20)13-28(18,22(36)12-33)27(15,2)11-21(35)29(16,26)31/h3-8,15-16,18-19,21,23,33,35H,9-13H2,1-2H3,(H,38,39)/t15-,16-,18-,19-,21-,23?,26-,27-,28+,29-/m0/s1. The van der Waals surface area contributed by atoms with Crippen molar-refractivity contribution in [2.75, 3.05) is 13.2 Å². The molecule has 0 bridgehead atoms. The molecule has 40 heavy (non-hydrogen) atoms. The number of carboxylic acids is 1. The van der Waals surface area contributed by atoms with Crippen LogP contribution < -0.4 is 0 Å². The number of aliphatic hydroxyl groups excluding tert-OH is 2. The Bertz CT molecular complexity index is 1370. The molecule has 0 radical (unpaired) electrons. The number of allylic oxidation sites excluding steroid dienone is 4. The molecule has 0 aromatic carbocycles.